The molecule has 0 bridgehead atoms. The van der Waals surface area contributed by atoms with Crippen molar-refractivity contribution in [1.82, 2.24) is 4.90 Å². The van der Waals surface area contributed by atoms with Gasteiger partial charge in [-0.1, -0.05) is 12.1 Å². The number of piperazine rings is 1. The molecule has 3 rings (SSSR count). The molecule has 8 nitrogen and oxygen atoms in total. The summed E-state index contributed by atoms with van der Waals surface area (Å²) >= 11 is 0. The van der Waals surface area contributed by atoms with Crippen LogP contribution in [0.5, 0.6) is 5.75 Å². The van der Waals surface area contributed by atoms with Crippen molar-refractivity contribution in [3.63, 3.8) is 0 Å². The smallest absolute Gasteiger partial charge is 0.296 e. The maximum Gasteiger partial charge on any atom is 0.296 e. The normalized spacial score (nSPS) is 14.6. The first-order valence-electron chi connectivity index (χ1n) is 8.82. The Hall–Kier alpha value is -3.20. The summed E-state index contributed by atoms with van der Waals surface area (Å²) < 4.78 is 18.9. The minimum absolute atomic E-state index is 0.105. The highest BCUT2D eigenvalue weighted by Gasteiger charge is 2.22. The molecule has 1 aliphatic heterocycles. The fraction of sp³-hybridized carbons (Fsp3) is 0.316. The third kappa shape index (κ3) is 4.55. The van der Waals surface area contributed by atoms with Gasteiger partial charge in [-0.3, -0.25) is 19.8 Å². The molecule has 1 fully saturated rings. The molecule has 0 saturated carbocycles. The Bertz CT molecular complexity index is 869. The van der Waals surface area contributed by atoms with Gasteiger partial charge >= 0.3 is 0 Å². The van der Waals surface area contributed by atoms with E-state index in [9.17, 15) is 19.3 Å². The lowest BCUT2D eigenvalue weighted by molar-refractivity contribution is -0.384. The Labute approximate surface area is 161 Å². The van der Waals surface area contributed by atoms with Gasteiger partial charge in [-0.05, 0) is 24.3 Å². The average Bonchev–Trinajstić information content (AvgIpc) is 2.69. The first kappa shape index (κ1) is 19.6. The lowest BCUT2D eigenvalue weighted by Gasteiger charge is -2.35. The molecule has 1 aliphatic rings. The molecule has 2 aromatic rings. The lowest BCUT2D eigenvalue weighted by atomic mass is 10.2. The van der Waals surface area contributed by atoms with E-state index >= 15 is 0 Å². The Morgan fingerprint density at radius 3 is 2.57 bits per heavy atom. The number of benzene rings is 2. The van der Waals surface area contributed by atoms with Gasteiger partial charge in [-0.15, -0.1) is 0 Å². The number of para-hydroxylation sites is 1. The van der Waals surface area contributed by atoms with Crippen molar-refractivity contribution in [2.45, 2.75) is 0 Å². The molecule has 0 aliphatic carbocycles. The van der Waals surface area contributed by atoms with Crippen LogP contribution in [0.3, 0.4) is 0 Å². The highest BCUT2D eigenvalue weighted by molar-refractivity contribution is 5.94. The number of nitrogens with zero attached hydrogens (tertiary/aromatic N) is 3. The van der Waals surface area contributed by atoms with Gasteiger partial charge in [0, 0.05) is 26.2 Å². The first-order chi connectivity index (χ1) is 13.5. The second-order valence-corrected chi connectivity index (χ2v) is 6.40. The van der Waals surface area contributed by atoms with Crippen molar-refractivity contribution in [2.24, 2.45) is 0 Å². The fourth-order valence-corrected chi connectivity index (χ4v) is 3.14. The van der Waals surface area contributed by atoms with Crippen molar-refractivity contribution in [2.75, 3.05) is 50.1 Å². The van der Waals surface area contributed by atoms with Gasteiger partial charge in [0.25, 0.3) is 5.69 Å². The summed E-state index contributed by atoms with van der Waals surface area (Å²) in [6.45, 7) is 2.47. The largest absolute Gasteiger partial charge is 0.496 e. The number of rotatable bonds is 6. The molecule has 1 amide bonds. The molecule has 0 atom stereocenters. The van der Waals surface area contributed by atoms with E-state index in [4.69, 9.17) is 4.74 Å². The van der Waals surface area contributed by atoms with Crippen molar-refractivity contribution in [1.29, 1.82) is 0 Å². The maximum atomic E-state index is 13.9. The van der Waals surface area contributed by atoms with Gasteiger partial charge in [0.1, 0.15) is 17.3 Å². The van der Waals surface area contributed by atoms with Gasteiger partial charge < -0.3 is 15.0 Å². The van der Waals surface area contributed by atoms with Crippen LogP contribution in [0.1, 0.15) is 0 Å². The monoisotopic (exact) mass is 388 g/mol. The lowest BCUT2D eigenvalue weighted by Crippen LogP contribution is -2.48. The zero-order valence-corrected chi connectivity index (χ0v) is 15.4. The summed E-state index contributed by atoms with van der Waals surface area (Å²) in [5.74, 6) is -0.262. The Morgan fingerprint density at radius 2 is 1.93 bits per heavy atom. The highest BCUT2D eigenvalue weighted by atomic mass is 19.1. The molecule has 0 spiro atoms. The Morgan fingerprint density at radius 1 is 1.21 bits per heavy atom. The summed E-state index contributed by atoms with van der Waals surface area (Å²) in [7, 11) is 1.41. The molecule has 1 heterocycles. The number of halogens is 1. The second kappa shape index (κ2) is 8.66. The number of nitrogens with one attached hydrogen (secondary N) is 1. The third-order valence-electron chi connectivity index (χ3n) is 4.61. The summed E-state index contributed by atoms with van der Waals surface area (Å²) in [5.41, 5.74) is 0.457. The van der Waals surface area contributed by atoms with Crippen LogP contribution in [0.4, 0.5) is 21.5 Å². The van der Waals surface area contributed by atoms with Crippen LogP contribution in [-0.4, -0.2) is 55.6 Å². The summed E-state index contributed by atoms with van der Waals surface area (Å²) in [4.78, 5) is 26.9. The van der Waals surface area contributed by atoms with Gasteiger partial charge in [0.05, 0.1) is 30.3 Å². The molecule has 1 N–H and O–H groups in total. The number of ether oxygens (including phenoxy) is 1. The first-order valence-corrected chi connectivity index (χ1v) is 8.82. The standard InChI is InChI=1S/C19H21FN4O4/c1-28-14-6-7-16(18(12-14)24(26)27)21-19(25)13-22-8-10-23(11-9-22)17-5-3-2-4-15(17)20/h2-7,12H,8-11,13H2,1H3,(H,21,25). The van der Waals surface area contributed by atoms with Gasteiger partial charge in [-0.2, -0.15) is 0 Å². The number of amides is 1. The predicted molar refractivity (Wildman–Crippen MR) is 103 cm³/mol. The number of carbonyl (C=O) groups excluding carboxylic acids is 1. The van der Waals surface area contributed by atoms with E-state index in [2.05, 4.69) is 5.32 Å². The minimum Gasteiger partial charge on any atom is -0.496 e. The van der Waals surface area contributed by atoms with Gasteiger partial charge in [0.2, 0.25) is 5.91 Å². The van der Waals surface area contributed by atoms with E-state index in [0.717, 1.165) is 0 Å². The summed E-state index contributed by atoms with van der Waals surface area (Å²) in [6, 6.07) is 10.9. The van der Waals surface area contributed by atoms with Crippen molar-refractivity contribution >= 4 is 23.0 Å². The number of methoxy groups -OCH3 is 1. The van der Waals surface area contributed by atoms with Gasteiger partial charge in [-0.25, -0.2) is 4.39 Å². The van der Waals surface area contributed by atoms with E-state index in [-0.39, 0.29) is 29.6 Å². The number of carbonyl (C=O) groups is 1. The van der Waals surface area contributed by atoms with E-state index in [0.29, 0.717) is 37.6 Å². The molecule has 9 heteroatoms. The topological polar surface area (TPSA) is 88.0 Å². The maximum absolute atomic E-state index is 13.9. The van der Waals surface area contributed by atoms with E-state index in [1.807, 2.05) is 9.80 Å². The van der Waals surface area contributed by atoms with Crippen LogP contribution in [0, 0.1) is 15.9 Å². The van der Waals surface area contributed by atoms with Crippen molar-refractivity contribution in [3.05, 3.63) is 58.4 Å². The van der Waals surface area contributed by atoms with E-state index < -0.39 is 4.92 Å². The highest BCUT2D eigenvalue weighted by Crippen LogP contribution is 2.29. The minimum atomic E-state index is -0.564. The molecule has 2 aromatic carbocycles. The Kier molecular flexibility index (Phi) is 6.05. The van der Waals surface area contributed by atoms with Crippen LogP contribution in [0.15, 0.2) is 42.5 Å². The molecular weight excluding hydrogens is 367 g/mol. The number of hydrogen-bond donors (Lipinski definition) is 1. The van der Waals surface area contributed by atoms with Crippen LogP contribution < -0.4 is 15.0 Å². The molecule has 0 aromatic heterocycles. The second-order valence-electron chi connectivity index (χ2n) is 6.40. The van der Waals surface area contributed by atoms with Crippen LogP contribution in [0.2, 0.25) is 0 Å². The van der Waals surface area contributed by atoms with Crippen molar-refractivity contribution in [3.8, 4) is 5.75 Å². The molecule has 0 unspecified atom stereocenters. The molecule has 0 radical (unpaired) electrons. The van der Waals surface area contributed by atoms with E-state index in [1.165, 1.54) is 25.3 Å². The number of nitro benzene ring substituents is 1. The van der Waals surface area contributed by atoms with Crippen LogP contribution in [-0.2, 0) is 4.79 Å². The van der Waals surface area contributed by atoms with Crippen molar-refractivity contribution < 1.29 is 18.8 Å². The zero-order valence-electron chi connectivity index (χ0n) is 15.4. The summed E-state index contributed by atoms with van der Waals surface area (Å²) in [5, 5.41) is 13.8. The Balaban J connectivity index is 1.57. The average molecular weight is 388 g/mol. The molecular formula is C19H21FN4O4. The SMILES string of the molecule is COc1ccc(NC(=O)CN2CCN(c3ccccc3F)CC2)c([N+](=O)[O-])c1. The number of hydrogen-bond acceptors (Lipinski definition) is 6. The van der Waals surface area contributed by atoms with Crippen LogP contribution in [0.25, 0.3) is 0 Å². The molecule has 148 valence electrons. The van der Waals surface area contributed by atoms with Crippen LogP contribution >= 0.6 is 0 Å². The predicted octanol–water partition coefficient (Wildman–Crippen LogP) is 2.50. The summed E-state index contributed by atoms with van der Waals surface area (Å²) in [6.07, 6.45) is 0. The number of nitro groups is 1. The quantitative estimate of drug-likeness (QED) is 0.604. The fourth-order valence-electron chi connectivity index (χ4n) is 3.14. The zero-order chi connectivity index (χ0) is 20.1. The van der Waals surface area contributed by atoms with Gasteiger partial charge in [0.15, 0.2) is 0 Å². The third-order valence-corrected chi connectivity index (χ3v) is 4.61. The molecule has 1 saturated heterocycles. The molecule has 28 heavy (non-hydrogen) atoms. The van der Waals surface area contributed by atoms with E-state index in [1.54, 1.807) is 24.3 Å². The number of anilines is 2.